The lowest BCUT2D eigenvalue weighted by Crippen LogP contribution is -2.43. The van der Waals surface area contributed by atoms with Crippen molar-refractivity contribution >= 4 is 34.6 Å². The van der Waals surface area contributed by atoms with Crippen molar-refractivity contribution in [1.82, 2.24) is 14.6 Å². The fourth-order valence-electron chi connectivity index (χ4n) is 4.15. The van der Waals surface area contributed by atoms with Gasteiger partial charge < -0.3 is 19.1 Å². The molecule has 5 rings (SSSR count). The molecule has 0 atom stereocenters. The van der Waals surface area contributed by atoms with Crippen LogP contribution in [0.3, 0.4) is 0 Å². The Labute approximate surface area is 223 Å². The number of hydrogen-bond donors (Lipinski definition) is 0. The summed E-state index contributed by atoms with van der Waals surface area (Å²) in [6, 6.07) is 19.7. The minimum Gasteiger partial charge on any atom is -0.493 e. The van der Waals surface area contributed by atoms with E-state index in [9.17, 15) is 9.59 Å². The SMILES string of the molecule is COc1cc(Cl)cc(C=Nn2c(-c3ccccc3)nc3ccccc3c2=O)c1OCC(=O)N1CCOCC1. The predicted octanol–water partition coefficient (Wildman–Crippen LogP) is 3.85. The minimum absolute atomic E-state index is 0.172. The molecule has 0 radical (unpaired) electrons. The summed E-state index contributed by atoms with van der Waals surface area (Å²) in [6.45, 7) is 1.80. The molecule has 0 saturated carbocycles. The molecule has 0 spiro atoms. The van der Waals surface area contributed by atoms with Crippen molar-refractivity contribution in [3.8, 4) is 22.9 Å². The summed E-state index contributed by atoms with van der Waals surface area (Å²) in [5.41, 5.74) is 1.40. The smallest absolute Gasteiger partial charge is 0.282 e. The van der Waals surface area contributed by atoms with Gasteiger partial charge in [0.2, 0.25) is 0 Å². The van der Waals surface area contributed by atoms with E-state index in [1.54, 1.807) is 35.2 Å². The number of benzene rings is 3. The lowest BCUT2D eigenvalue weighted by molar-refractivity contribution is -0.137. The number of morpholine rings is 1. The molecule has 10 heteroatoms. The second-order valence-corrected chi connectivity index (χ2v) is 8.92. The van der Waals surface area contributed by atoms with Gasteiger partial charge in [-0.25, -0.2) is 4.98 Å². The molecule has 2 heterocycles. The molecule has 0 aliphatic carbocycles. The second-order valence-electron chi connectivity index (χ2n) is 8.49. The van der Waals surface area contributed by atoms with Gasteiger partial charge in [-0.1, -0.05) is 54.1 Å². The van der Waals surface area contributed by atoms with Crippen LogP contribution in [0.4, 0.5) is 0 Å². The van der Waals surface area contributed by atoms with Gasteiger partial charge in [-0.2, -0.15) is 9.78 Å². The van der Waals surface area contributed by atoms with E-state index in [-0.39, 0.29) is 23.8 Å². The Bertz CT molecular complexity index is 1550. The highest BCUT2D eigenvalue weighted by Crippen LogP contribution is 2.34. The van der Waals surface area contributed by atoms with Crippen LogP contribution >= 0.6 is 11.6 Å². The Morgan fingerprint density at radius 1 is 1.11 bits per heavy atom. The van der Waals surface area contributed by atoms with E-state index >= 15 is 0 Å². The number of methoxy groups -OCH3 is 1. The summed E-state index contributed by atoms with van der Waals surface area (Å²) in [7, 11) is 1.48. The zero-order valence-corrected chi connectivity index (χ0v) is 21.4. The summed E-state index contributed by atoms with van der Waals surface area (Å²) in [6.07, 6.45) is 1.45. The van der Waals surface area contributed by atoms with E-state index in [4.69, 9.17) is 30.8 Å². The van der Waals surface area contributed by atoms with Crippen LogP contribution in [0, 0.1) is 0 Å². The number of halogens is 1. The Morgan fingerprint density at radius 2 is 1.84 bits per heavy atom. The van der Waals surface area contributed by atoms with Gasteiger partial charge in [-0.3, -0.25) is 9.59 Å². The molecular weight excluding hydrogens is 508 g/mol. The van der Waals surface area contributed by atoms with Crippen LogP contribution in [0.5, 0.6) is 11.5 Å². The van der Waals surface area contributed by atoms with Gasteiger partial charge in [0.15, 0.2) is 23.9 Å². The number of nitrogens with zero attached hydrogens (tertiary/aromatic N) is 4. The van der Waals surface area contributed by atoms with Crippen LogP contribution in [-0.2, 0) is 9.53 Å². The maximum atomic E-state index is 13.5. The summed E-state index contributed by atoms with van der Waals surface area (Å²) in [5.74, 6) is 0.824. The van der Waals surface area contributed by atoms with Crippen molar-refractivity contribution in [2.45, 2.75) is 0 Å². The molecule has 1 aliphatic rings. The third kappa shape index (κ3) is 5.39. The van der Waals surface area contributed by atoms with Gasteiger partial charge in [0.25, 0.3) is 11.5 Å². The summed E-state index contributed by atoms with van der Waals surface area (Å²) < 4.78 is 18.0. The fraction of sp³-hybridized carbons (Fsp3) is 0.214. The number of aromatic nitrogens is 2. The molecule has 1 aromatic heterocycles. The normalized spacial score (nSPS) is 13.7. The largest absolute Gasteiger partial charge is 0.493 e. The molecule has 194 valence electrons. The number of ether oxygens (including phenoxy) is 3. The molecule has 0 N–H and O–H groups in total. The Balaban J connectivity index is 1.55. The standard InChI is InChI=1S/C28H25ClN4O5/c1-36-24-16-21(29)15-20(26(24)38-18-25(34)32-11-13-37-14-12-32)17-30-33-27(19-7-3-2-4-8-19)31-23-10-6-5-9-22(23)28(33)35/h2-10,15-17H,11-14,18H2,1H3. The summed E-state index contributed by atoms with van der Waals surface area (Å²) >= 11 is 6.34. The van der Waals surface area contributed by atoms with Crippen molar-refractivity contribution in [2.75, 3.05) is 40.0 Å². The fourth-order valence-corrected chi connectivity index (χ4v) is 4.37. The van der Waals surface area contributed by atoms with Gasteiger partial charge >= 0.3 is 0 Å². The zero-order chi connectivity index (χ0) is 26.5. The number of rotatable bonds is 7. The number of carbonyl (C=O) groups is 1. The molecule has 4 aromatic rings. The first-order valence-electron chi connectivity index (χ1n) is 12.0. The van der Waals surface area contributed by atoms with E-state index in [1.165, 1.54) is 18.0 Å². The Kier molecular flexibility index (Phi) is 7.67. The Hall–Kier alpha value is -4.21. The molecule has 0 bridgehead atoms. The van der Waals surface area contributed by atoms with E-state index in [2.05, 4.69) is 5.10 Å². The van der Waals surface area contributed by atoms with Crippen molar-refractivity contribution in [2.24, 2.45) is 5.10 Å². The van der Waals surface area contributed by atoms with E-state index in [0.29, 0.717) is 59.4 Å². The molecular formula is C28H25ClN4O5. The number of amides is 1. The highest BCUT2D eigenvalue weighted by Gasteiger charge is 2.20. The maximum absolute atomic E-state index is 13.5. The quantitative estimate of drug-likeness (QED) is 0.336. The van der Waals surface area contributed by atoms with E-state index in [0.717, 1.165) is 5.56 Å². The van der Waals surface area contributed by atoms with Crippen LogP contribution in [0.25, 0.3) is 22.3 Å². The first-order chi connectivity index (χ1) is 18.5. The zero-order valence-electron chi connectivity index (χ0n) is 20.7. The average molecular weight is 533 g/mol. The number of fused-ring (bicyclic) bond motifs is 1. The molecule has 0 unspecified atom stereocenters. The number of para-hydroxylation sites is 1. The van der Waals surface area contributed by atoms with Gasteiger partial charge in [-0.05, 0) is 18.2 Å². The minimum atomic E-state index is -0.329. The number of hydrogen-bond acceptors (Lipinski definition) is 7. The molecule has 1 amide bonds. The highest BCUT2D eigenvalue weighted by molar-refractivity contribution is 6.31. The lowest BCUT2D eigenvalue weighted by Gasteiger charge is -2.27. The lowest BCUT2D eigenvalue weighted by atomic mass is 10.2. The first-order valence-corrected chi connectivity index (χ1v) is 12.4. The third-order valence-corrected chi connectivity index (χ3v) is 6.29. The Morgan fingerprint density at radius 3 is 2.61 bits per heavy atom. The molecule has 9 nitrogen and oxygen atoms in total. The molecule has 1 aliphatic heterocycles. The van der Waals surface area contributed by atoms with Crippen LogP contribution in [0.15, 0.2) is 76.6 Å². The molecule has 1 saturated heterocycles. The van der Waals surface area contributed by atoms with Crippen molar-refractivity contribution < 1.29 is 19.0 Å². The third-order valence-electron chi connectivity index (χ3n) is 6.07. The highest BCUT2D eigenvalue weighted by atomic mass is 35.5. The topological polar surface area (TPSA) is 95.2 Å². The van der Waals surface area contributed by atoms with Crippen molar-refractivity contribution in [3.05, 3.63) is 87.7 Å². The van der Waals surface area contributed by atoms with Gasteiger partial charge in [0, 0.05) is 35.3 Å². The van der Waals surface area contributed by atoms with Gasteiger partial charge in [0.1, 0.15) is 0 Å². The predicted molar refractivity (Wildman–Crippen MR) is 145 cm³/mol. The van der Waals surface area contributed by atoms with Crippen LogP contribution in [0.2, 0.25) is 5.02 Å². The second kappa shape index (κ2) is 11.5. The van der Waals surface area contributed by atoms with Crippen LogP contribution < -0.4 is 15.0 Å². The molecule has 3 aromatic carbocycles. The number of carbonyl (C=O) groups excluding carboxylic acids is 1. The van der Waals surface area contributed by atoms with Gasteiger partial charge in [0.05, 0.1) is 37.4 Å². The van der Waals surface area contributed by atoms with E-state index in [1.807, 2.05) is 36.4 Å². The van der Waals surface area contributed by atoms with E-state index < -0.39 is 0 Å². The van der Waals surface area contributed by atoms with Crippen molar-refractivity contribution in [3.63, 3.8) is 0 Å². The molecule has 1 fully saturated rings. The summed E-state index contributed by atoms with van der Waals surface area (Å²) in [4.78, 5) is 32.6. The summed E-state index contributed by atoms with van der Waals surface area (Å²) in [5, 5.41) is 5.32. The van der Waals surface area contributed by atoms with Crippen LogP contribution in [0.1, 0.15) is 5.56 Å². The first kappa shape index (κ1) is 25.4. The average Bonchev–Trinajstić information content (AvgIpc) is 2.96. The van der Waals surface area contributed by atoms with Crippen LogP contribution in [-0.4, -0.2) is 66.7 Å². The molecule has 38 heavy (non-hydrogen) atoms. The van der Waals surface area contributed by atoms with Gasteiger partial charge in [-0.15, -0.1) is 0 Å². The van der Waals surface area contributed by atoms with Crippen molar-refractivity contribution in [1.29, 1.82) is 0 Å². The monoisotopic (exact) mass is 532 g/mol. The maximum Gasteiger partial charge on any atom is 0.282 e.